The normalized spacial score (nSPS) is 14.3. The molecule has 1 heterocycles. The van der Waals surface area contributed by atoms with Crippen molar-refractivity contribution in [2.24, 2.45) is 0 Å². The van der Waals surface area contributed by atoms with Gasteiger partial charge in [0.1, 0.15) is 0 Å². The quantitative estimate of drug-likeness (QED) is 0.502. The molecule has 0 unspecified atom stereocenters. The van der Waals surface area contributed by atoms with Crippen molar-refractivity contribution in [2.75, 3.05) is 19.8 Å². The number of halogens is 1. The van der Waals surface area contributed by atoms with E-state index in [1.54, 1.807) is 0 Å². The lowest BCUT2D eigenvalue weighted by atomic mass is 10.1. The van der Waals surface area contributed by atoms with E-state index in [1.165, 1.54) is 44.2 Å². The lowest BCUT2D eigenvalue weighted by Crippen LogP contribution is -2.26. The minimum Gasteiger partial charge on any atom is -0.359 e. The van der Waals surface area contributed by atoms with E-state index in [0.29, 0.717) is 0 Å². The Balaban J connectivity index is 1.57. The van der Waals surface area contributed by atoms with Crippen molar-refractivity contribution in [3.63, 3.8) is 0 Å². The molecule has 0 aromatic heterocycles. The molecule has 0 fully saturated rings. The van der Waals surface area contributed by atoms with Crippen molar-refractivity contribution >= 4 is 17.7 Å². The van der Waals surface area contributed by atoms with Crippen LogP contribution >= 0.6 is 11.6 Å². The predicted molar refractivity (Wildman–Crippen MR) is 101 cm³/mol. The molecule has 2 rings (SSSR count). The Bertz CT molecular complexity index is 493. The standard InChI is InChI=1S/C20H29ClN2/c1-2-3-4-5-7-14-22-16-17-23(18-22)15-8-6-9-19-10-12-20(21)13-11-19/h6,9-13,16-17H,2-5,7-8,14-15,18H2,1H3/b9-6+. The molecule has 126 valence electrons. The maximum absolute atomic E-state index is 5.89. The summed E-state index contributed by atoms with van der Waals surface area (Å²) in [6.07, 6.45) is 16.7. The predicted octanol–water partition coefficient (Wildman–Crippen LogP) is 5.76. The summed E-state index contributed by atoms with van der Waals surface area (Å²) in [7, 11) is 0. The summed E-state index contributed by atoms with van der Waals surface area (Å²) in [5.74, 6) is 0. The Morgan fingerprint density at radius 2 is 1.65 bits per heavy atom. The molecule has 0 radical (unpaired) electrons. The average Bonchev–Trinajstić information content (AvgIpc) is 3.01. The van der Waals surface area contributed by atoms with Gasteiger partial charge in [0.15, 0.2) is 0 Å². The molecule has 0 atom stereocenters. The fraction of sp³-hybridized carbons (Fsp3) is 0.500. The van der Waals surface area contributed by atoms with Crippen molar-refractivity contribution in [1.82, 2.24) is 9.80 Å². The van der Waals surface area contributed by atoms with Gasteiger partial charge in [-0.15, -0.1) is 0 Å². The third-order valence-electron chi connectivity index (χ3n) is 4.16. The molecule has 0 saturated heterocycles. The van der Waals surface area contributed by atoms with Crippen LogP contribution in [0.3, 0.4) is 0 Å². The molecule has 0 bridgehead atoms. The molecule has 1 aliphatic rings. The Hall–Kier alpha value is -1.41. The number of rotatable bonds is 10. The van der Waals surface area contributed by atoms with Gasteiger partial charge in [0.25, 0.3) is 0 Å². The van der Waals surface area contributed by atoms with Crippen LogP contribution in [0.1, 0.15) is 51.0 Å². The van der Waals surface area contributed by atoms with Crippen molar-refractivity contribution < 1.29 is 0 Å². The third-order valence-corrected chi connectivity index (χ3v) is 4.42. The molecule has 0 aliphatic carbocycles. The van der Waals surface area contributed by atoms with E-state index in [9.17, 15) is 0 Å². The summed E-state index contributed by atoms with van der Waals surface area (Å²) in [6.45, 7) is 5.58. The maximum atomic E-state index is 5.89. The topological polar surface area (TPSA) is 6.48 Å². The molecule has 1 aromatic carbocycles. The lowest BCUT2D eigenvalue weighted by Gasteiger charge is -2.20. The highest BCUT2D eigenvalue weighted by Gasteiger charge is 2.10. The SMILES string of the molecule is CCCCCCCN1C=CN(CC/C=C/c2ccc(Cl)cc2)C1. The van der Waals surface area contributed by atoms with Gasteiger partial charge < -0.3 is 9.80 Å². The highest BCUT2D eigenvalue weighted by atomic mass is 35.5. The molecule has 0 saturated carbocycles. The van der Waals surface area contributed by atoms with E-state index in [1.807, 2.05) is 12.1 Å². The monoisotopic (exact) mass is 332 g/mol. The Labute approximate surface area is 146 Å². The Kier molecular flexibility index (Phi) is 8.10. The highest BCUT2D eigenvalue weighted by molar-refractivity contribution is 6.30. The van der Waals surface area contributed by atoms with Gasteiger partial charge in [0, 0.05) is 30.5 Å². The summed E-state index contributed by atoms with van der Waals surface area (Å²) in [5, 5.41) is 0.791. The zero-order chi connectivity index (χ0) is 16.3. The van der Waals surface area contributed by atoms with Crippen molar-refractivity contribution in [3.8, 4) is 0 Å². The molecule has 1 aromatic rings. The van der Waals surface area contributed by atoms with Crippen LogP contribution in [0.5, 0.6) is 0 Å². The molecule has 1 aliphatic heterocycles. The smallest absolute Gasteiger partial charge is 0.0893 e. The second-order valence-electron chi connectivity index (χ2n) is 6.22. The highest BCUT2D eigenvalue weighted by Crippen LogP contribution is 2.12. The van der Waals surface area contributed by atoms with Crippen LogP contribution in [0, 0.1) is 0 Å². The van der Waals surface area contributed by atoms with E-state index in [0.717, 1.165) is 24.7 Å². The van der Waals surface area contributed by atoms with Crippen LogP contribution in [0.4, 0.5) is 0 Å². The fourth-order valence-corrected chi connectivity index (χ4v) is 2.88. The second kappa shape index (κ2) is 10.4. The van der Waals surface area contributed by atoms with Gasteiger partial charge in [-0.25, -0.2) is 0 Å². The lowest BCUT2D eigenvalue weighted by molar-refractivity contribution is 0.264. The maximum Gasteiger partial charge on any atom is 0.0893 e. The van der Waals surface area contributed by atoms with Crippen LogP contribution in [0.15, 0.2) is 42.7 Å². The molecular weight excluding hydrogens is 304 g/mol. The van der Waals surface area contributed by atoms with Gasteiger partial charge in [-0.1, -0.05) is 68.5 Å². The molecule has 0 amide bonds. The van der Waals surface area contributed by atoms with Gasteiger partial charge in [0.2, 0.25) is 0 Å². The number of benzene rings is 1. The van der Waals surface area contributed by atoms with Crippen molar-refractivity contribution in [3.05, 3.63) is 53.3 Å². The van der Waals surface area contributed by atoms with Gasteiger partial charge in [-0.3, -0.25) is 0 Å². The van der Waals surface area contributed by atoms with E-state index in [4.69, 9.17) is 11.6 Å². The number of hydrogen-bond donors (Lipinski definition) is 0. The average molecular weight is 333 g/mol. The van der Waals surface area contributed by atoms with Crippen LogP contribution in [0.2, 0.25) is 5.02 Å². The first-order valence-corrected chi connectivity index (χ1v) is 9.24. The molecule has 0 spiro atoms. The third kappa shape index (κ3) is 7.13. The summed E-state index contributed by atoms with van der Waals surface area (Å²) in [4.78, 5) is 4.81. The molecule has 2 nitrogen and oxygen atoms in total. The van der Waals surface area contributed by atoms with Crippen LogP contribution in [-0.2, 0) is 0 Å². The van der Waals surface area contributed by atoms with E-state index in [-0.39, 0.29) is 0 Å². The second-order valence-corrected chi connectivity index (χ2v) is 6.66. The zero-order valence-electron chi connectivity index (χ0n) is 14.3. The largest absolute Gasteiger partial charge is 0.359 e. The fourth-order valence-electron chi connectivity index (χ4n) is 2.76. The van der Waals surface area contributed by atoms with E-state index >= 15 is 0 Å². The number of hydrogen-bond acceptors (Lipinski definition) is 2. The molecular formula is C20H29ClN2. The van der Waals surface area contributed by atoms with Gasteiger partial charge >= 0.3 is 0 Å². The molecule has 23 heavy (non-hydrogen) atoms. The zero-order valence-corrected chi connectivity index (χ0v) is 15.0. The Morgan fingerprint density at radius 3 is 2.39 bits per heavy atom. The van der Waals surface area contributed by atoms with Gasteiger partial charge in [-0.2, -0.15) is 0 Å². The molecule has 3 heteroatoms. The first kappa shape index (κ1) is 17.9. The summed E-state index contributed by atoms with van der Waals surface area (Å²) >= 11 is 5.89. The van der Waals surface area contributed by atoms with E-state index in [2.05, 4.69) is 53.4 Å². The van der Waals surface area contributed by atoms with E-state index < -0.39 is 0 Å². The first-order valence-electron chi connectivity index (χ1n) is 8.86. The molecule has 0 N–H and O–H groups in total. The van der Waals surface area contributed by atoms with Crippen LogP contribution in [0.25, 0.3) is 6.08 Å². The van der Waals surface area contributed by atoms with Crippen LogP contribution < -0.4 is 0 Å². The summed E-state index contributed by atoms with van der Waals surface area (Å²) < 4.78 is 0. The minimum absolute atomic E-state index is 0.791. The van der Waals surface area contributed by atoms with Crippen LogP contribution in [-0.4, -0.2) is 29.6 Å². The van der Waals surface area contributed by atoms with Gasteiger partial charge in [-0.05, 0) is 30.5 Å². The number of unbranched alkanes of at least 4 members (excludes halogenated alkanes) is 4. The first-order chi connectivity index (χ1) is 11.3. The Morgan fingerprint density at radius 1 is 0.957 bits per heavy atom. The van der Waals surface area contributed by atoms with Crippen molar-refractivity contribution in [2.45, 2.75) is 45.4 Å². The summed E-state index contributed by atoms with van der Waals surface area (Å²) in [5.41, 5.74) is 1.21. The minimum atomic E-state index is 0.791. The van der Waals surface area contributed by atoms with Gasteiger partial charge in [0.05, 0.1) is 6.67 Å². The van der Waals surface area contributed by atoms with Crippen molar-refractivity contribution in [1.29, 1.82) is 0 Å². The number of nitrogens with zero attached hydrogens (tertiary/aromatic N) is 2. The summed E-state index contributed by atoms with van der Waals surface area (Å²) in [6, 6.07) is 7.97.